The van der Waals surface area contributed by atoms with Gasteiger partial charge < -0.3 is 9.80 Å². The third kappa shape index (κ3) is 4.21. The second-order valence-corrected chi connectivity index (χ2v) is 7.34. The molecule has 2 aliphatic heterocycles. The van der Waals surface area contributed by atoms with Crippen molar-refractivity contribution in [2.75, 3.05) is 26.7 Å². The lowest BCUT2D eigenvalue weighted by Gasteiger charge is -2.35. The molecule has 5 nitrogen and oxygen atoms in total. The SMILES string of the molecule is CC(=O)N1CCC[C@H]1[C@H]1CCCN1CC(=O)N(C)Cc1ccccc1. The lowest BCUT2D eigenvalue weighted by atomic mass is 10.0. The minimum atomic E-state index is 0.156. The topological polar surface area (TPSA) is 43.9 Å². The number of rotatable bonds is 5. The minimum absolute atomic E-state index is 0.156. The zero-order valence-corrected chi connectivity index (χ0v) is 15.4. The summed E-state index contributed by atoms with van der Waals surface area (Å²) in [5.74, 6) is 0.324. The molecular weight excluding hydrogens is 314 g/mol. The van der Waals surface area contributed by atoms with Crippen molar-refractivity contribution >= 4 is 11.8 Å². The van der Waals surface area contributed by atoms with Gasteiger partial charge in [0.25, 0.3) is 0 Å². The summed E-state index contributed by atoms with van der Waals surface area (Å²) in [7, 11) is 1.87. The fraction of sp³-hybridized carbons (Fsp3) is 0.600. The molecule has 1 aromatic carbocycles. The van der Waals surface area contributed by atoms with Crippen LogP contribution in [-0.2, 0) is 16.1 Å². The minimum Gasteiger partial charge on any atom is -0.340 e. The van der Waals surface area contributed by atoms with Crippen LogP contribution in [0.2, 0.25) is 0 Å². The number of amides is 2. The molecule has 0 spiro atoms. The molecule has 0 aromatic heterocycles. The summed E-state index contributed by atoms with van der Waals surface area (Å²) in [4.78, 5) is 30.7. The van der Waals surface area contributed by atoms with Crippen LogP contribution in [0.3, 0.4) is 0 Å². The summed E-state index contributed by atoms with van der Waals surface area (Å²) in [6.07, 6.45) is 4.35. The van der Waals surface area contributed by atoms with Crippen molar-refractivity contribution < 1.29 is 9.59 Å². The van der Waals surface area contributed by atoms with Crippen LogP contribution in [-0.4, -0.2) is 65.3 Å². The van der Waals surface area contributed by atoms with Crippen LogP contribution >= 0.6 is 0 Å². The van der Waals surface area contributed by atoms with Gasteiger partial charge in [-0.15, -0.1) is 0 Å². The summed E-state index contributed by atoms with van der Waals surface area (Å²) in [6.45, 7) is 4.58. The van der Waals surface area contributed by atoms with Crippen LogP contribution in [0.15, 0.2) is 30.3 Å². The first-order chi connectivity index (χ1) is 12.1. The number of nitrogens with zero attached hydrogens (tertiary/aromatic N) is 3. The fourth-order valence-electron chi connectivity index (χ4n) is 4.31. The van der Waals surface area contributed by atoms with Gasteiger partial charge in [0, 0.05) is 39.1 Å². The quantitative estimate of drug-likeness (QED) is 0.823. The monoisotopic (exact) mass is 343 g/mol. The van der Waals surface area contributed by atoms with Crippen molar-refractivity contribution in [1.82, 2.24) is 14.7 Å². The highest BCUT2D eigenvalue weighted by Gasteiger charge is 2.39. The van der Waals surface area contributed by atoms with Crippen LogP contribution in [0, 0.1) is 0 Å². The summed E-state index contributed by atoms with van der Waals surface area (Å²) >= 11 is 0. The number of benzene rings is 1. The predicted molar refractivity (Wildman–Crippen MR) is 97.9 cm³/mol. The van der Waals surface area contributed by atoms with Gasteiger partial charge in [0.1, 0.15) is 0 Å². The van der Waals surface area contributed by atoms with Crippen molar-refractivity contribution in [1.29, 1.82) is 0 Å². The third-order valence-corrected chi connectivity index (χ3v) is 5.59. The first kappa shape index (κ1) is 17.9. The van der Waals surface area contributed by atoms with Gasteiger partial charge in [-0.25, -0.2) is 0 Å². The third-order valence-electron chi connectivity index (χ3n) is 5.59. The van der Waals surface area contributed by atoms with E-state index in [9.17, 15) is 9.59 Å². The van der Waals surface area contributed by atoms with Crippen molar-refractivity contribution in [3.8, 4) is 0 Å². The Labute approximate surface area is 150 Å². The van der Waals surface area contributed by atoms with Crippen molar-refractivity contribution in [3.05, 3.63) is 35.9 Å². The zero-order chi connectivity index (χ0) is 17.8. The Kier molecular flexibility index (Phi) is 5.74. The zero-order valence-electron chi connectivity index (χ0n) is 15.4. The average molecular weight is 343 g/mol. The van der Waals surface area contributed by atoms with Gasteiger partial charge in [0.2, 0.25) is 11.8 Å². The highest BCUT2D eigenvalue weighted by molar-refractivity contribution is 5.78. The molecule has 1 aromatic rings. The lowest BCUT2D eigenvalue weighted by molar-refractivity contribution is -0.133. The Morgan fingerprint density at radius 2 is 1.76 bits per heavy atom. The molecular formula is C20H29N3O2. The molecule has 136 valence electrons. The van der Waals surface area contributed by atoms with Gasteiger partial charge >= 0.3 is 0 Å². The molecule has 2 atom stereocenters. The molecule has 2 heterocycles. The summed E-state index contributed by atoms with van der Waals surface area (Å²) in [6, 6.07) is 10.7. The van der Waals surface area contributed by atoms with E-state index in [2.05, 4.69) is 4.90 Å². The van der Waals surface area contributed by atoms with E-state index >= 15 is 0 Å². The average Bonchev–Trinajstić information content (AvgIpc) is 3.24. The number of carbonyl (C=O) groups excluding carboxylic acids is 2. The van der Waals surface area contributed by atoms with Gasteiger partial charge in [-0.3, -0.25) is 14.5 Å². The van der Waals surface area contributed by atoms with E-state index in [1.807, 2.05) is 47.2 Å². The molecule has 0 saturated carbocycles. The van der Waals surface area contributed by atoms with E-state index < -0.39 is 0 Å². The van der Waals surface area contributed by atoms with E-state index in [0.29, 0.717) is 19.1 Å². The molecule has 3 rings (SSSR count). The van der Waals surface area contributed by atoms with Crippen LogP contribution in [0.4, 0.5) is 0 Å². The first-order valence-corrected chi connectivity index (χ1v) is 9.35. The van der Waals surface area contributed by atoms with E-state index in [1.165, 1.54) is 0 Å². The molecule has 2 aliphatic rings. The maximum absolute atomic E-state index is 12.7. The van der Waals surface area contributed by atoms with Crippen LogP contribution < -0.4 is 0 Å². The molecule has 0 aliphatic carbocycles. The maximum atomic E-state index is 12.7. The summed E-state index contributed by atoms with van der Waals surface area (Å²) in [5, 5.41) is 0. The van der Waals surface area contributed by atoms with Crippen LogP contribution in [0.1, 0.15) is 38.2 Å². The number of hydrogen-bond acceptors (Lipinski definition) is 3. The van der Waals surface area contributed by atoms with Crippen LogP contribution in [0.25, 0.3) is 0 Å². The van der Waals surface area contributed by atoms with Crippen molar-refractivity contribution in [3.63, 3.8) is 0 Å². The Morgan fingerprint density at radius 1 is 1.08 bits per heavy atom. The Balaban J connectivity index is 1.59. The van der Waals surface area contributed by atoms with E-state index in [-0.39, 0.29) is 17.9 Å². The number of likely N-dealkylation sites (N-methyl/N-ethyl adjacent to an activating group) is 1. The van der Waals surface area contributed by atoms with E-state index in [0.717, 1.165) is 44.3 Å². The van der Waals surface area contributed by atoms with Gasteiger partial charge in [-0.2, -0.15) is 0 Å². The maximum Gasteiger partial charge on any atom is 0.236 e. The highest BCUT2D eigenvalue weighted by Crippen LogP contribution is 2.30. The Bertz CT molecular complexity index is 604. The Morgan fingerprint density at radius 3 is 2.48 bits per heavy atom. The molecule has 2 fully saturated rings. The predicted octanol–water partition coefficient (Wildman–Crippen LogP) is 2.12. The first-order valence-electron chi connectivity index (χ1n) is 9.35. The number of hydrogen-bond donors (Lipinski definition) is 0. The van der Waals surface area contributed by atoms with E-state index in [1.54, 1.807) is 6.92 Å². The molecule has 0 radical (unpaired) electrons. The van der Waals surface area contributed by atoms with Gasteiger partial charge in [-0.05, 0) is 37.8 Å². The molecule has 25 heavy (non-hydrogen) atoms. The fourth-order valence-corrected chi connectivity index (χ4v) is 4.31. The molecule has 5 heteroatoms. The smallest absolute Gasteiger partial charge is 0.236 e. The summed E-state index contributed by atoms with van der Waals surface area (Å²) in [5.41, 5.74) is 1.15. The van der Waals surface area contributed by atoms with Gasteiger partial charge in [-0.1, -0.05) is 30.3 Å². The second-order valence-electron chi connectivity index (χ2n) is 7.34. The summed E-state index contributed by atoms with van der Waals surface area (Å²) < 4.78 is 0. The van der Waals surface area contributed by atoms with Crippen LogP contribution in [0.5, 0.6) is 0 Å². The Hall–Kier alpha value is -1.88. The van der Waals surface area contributed by atoms with Gasteiger partial charge in [0.05, 0.1) is 6.54 Å². The molecule has 2 amide bonds. The normalized spacial score (nSPS) is 23.8. The molecule has 0 N–H and O–H groups in total. The molecule has 2 saturated heterocycles. The standard InChI is InChI=1S/C20H29N3O2/c1-16(24)23-13-7-11-19(23)18-10-6-12-22(18)15-20(25)21(2)14-17-8-4-3-5-9-17/h3-5,8-9,18-19H,6-7,10-15H2,1-2H3/t18-,19+/m1/s1. The second kappa shape index (κ2) is 8.00. The van der Waals surface area contributed by atoms with Gasteiger partial charge in [0.15, 0.2) is 0 Å². The molecule has 0 bridgehead atoms. The number of carbonyl (C=O) groups is 2. The molecule has 0 unspecified atom stereocenters. The highest BCUT2D eigenvalue weighted by atomic mass is 16.2. The van der Waals surface area contributed by atoms with E-state index in [4.69, 9.17) is 0 Å². The lowest BCUT2D eigenvalue weighted by Crippen LogP contribution is -2.50. The van der Waals surface area contributed by atoms with Crippen molar-refractivity contribution in [2.24, 2.45) is 0 Å². The van der Waals surface area contributed by atoms with Crippen molar-refractivity contribution in [2.45, 2.75) is 51.2 Å². The number of likely N-dealkylation sites (tertiary alicyclic amines) is 2. The largest absolute Gasteiger partial charge is 0.340 e.